The van der Waals surface area contributed by atoms with Gasteiger partial charge in [0.2, 0.25) is 5.82 Å². The summed E-state index contributed by atoms with van der Waals surface area (Å²) in [5.74, 6) is 3.27. The molecule has 6 nitrogen and oxygen atoms in total. The topological polar surface area (TPSA) is 60.0 Å². The third-order valence-corrected chi connectivity index (χ3v) is 9.47. The Morgan fingerprint density at radius 2 is 2.12 bits per heavy atom. The lowest BCUT2D eigenvalue weighted by molar-refractivity contribution is 0.299. The molecule has 2 atom stereocenters. The van der Waals surface area contributed by atoms with Crippen LogP contribution in [0.2, 0.25) is 0 Å². The number of thioether (sulfide) groups is 1. The van der Waals surface area contributed by atoms with Crippen molar-refractivity contribution in [3.05, 3.63) is 58.9 Å². The van der Waals surface area contributed by atoms with Crippen molar-refractivity contribution in [2.75, 3.05) is 25.4 Å². The number of oxazole rings is 1. The highest BCUT2D eigenvalue weighted by molar-refractivity contribution is 7.99. The van der Waals surface area contributed by atoms with Gasteiger partial charge in [-0.3, -0.25) is 0 Å². The molecule has 1 saturated heterocycles. The lowest BCUT2D eigenvalue weighted by atomic mass is 9.93. The van der Waals surface area contributed by atoms with Crippen LogP contribution in [0.4, 0.5) is 0 Å². The van der Waals surface area contributed by atoms with Crippen molar-refractivity contribution in [2.45, 2.75) is 37.3 Å². The zero-order chi connectivity index (χ0) is 23.3. The van der Waals surface area contributed by atoms with Gasteiger partial charge in [0.25, 0.3) is 0 Å². The van der Waals surface area contributed by atoms with E-state index in [-0.39, 0.29) is 0 Å². The van der Waals surface area contributed by atoms with Crippen LogP contribution in [0.25, 0.3) is 22.0 Å². The molecule has 0 N–H and O–H groups in total. The number of rotatable bonds is 8. The van der Waals surface area contributed by atoms with Crippen molar-refractivity contribution in [3.63, 3.8) is 0 Å². The van der Waals surface area contributed by atoms with Gasteiger partial charge < -0.3 is 13.9 Å². The van der Waals surface area contributed by atoms with Gasteiger partial charge in [-0.15, -0.1) is 21.5 Å². The minimum Gasteiger partial charge on any atom is -0.440 e. The summed E-state index contributed by atoms with van der Waals surface area (Å²) < 4.78 is 7.48. The first-order chi connectivity index (χ1) is 16.5. The maximum absolute atomic E-state index is 5.48. The first kappa shape index (κ1) is 22.1. The second kappa shape index (κ2) is 8.66. The van der Waals surface area contributed by atoms with E-state index in [0.29, 0.717) is 11.2 Å². The number of benzene rings is 1. The van der Waals surface area contributed by atoms with E-state index in [1.165, 1.54) is 46.8 Å². The van der Waals surface area contributed by atoms with Gasteiger partial charge in [-0.2, -0.15) is 0 Å². The summed E-state index contributed by atoms with van der Waals surface area (Å²) in [4.78, 5) is 9.58. The predicted molar refractivity (Wildman–Crippen MR) is 137 cm³/mol. The van der Waals surface area contributed by atoms with Crippen molar-refractivity contribution in [3.8, 4) is 22.0 Å². The van der Waals surface area contributed by atoms with Gasteiger partial charge in [-0.05, 0) is 68.5 Å². The number of aryl methyl sites for hydroxylation is 2. The van der Waals surface area contributed by atoms with E-state index in [0.717, 1.165) is 41.3 Å². The molecule has 34 heavy (non-hydrogen) atoms. The Morgan fingerprint density at radius 1 is 1.21 bits per heavy atom. The smallest absolute Gasteiger partial charge is 0.202 e. The van der Waals surface area contributed by atoms with Gasteiger partial charge in [0.05, 0.1) is 5.69 Å². The van der Waals surface area contributed by atoms with Crippen molar-refractivity contribution in [1.29, 1.82) is 0 Å². The second-order valence-corrected chi connectivity index (χ2v) is 12.0. The number of piperidine rings is 1. The first-order valence-corrected chi connectivity index (χ1v) is 13.7. The fraction of sp³-hybridized carbons (Fsp3) is 0.423. The predicted octanol–water partition coefficient (Wildman–Crippen LogP) is 5.57. The van der Waals surface area contributed by atoms with Gasteiger partial charge in [-0.25, -0.2) is 4.98 Å². The molecule has 1 saturated carbocycles. The first-order valence-electron chi connectivity index (χ1n) is 11.9. The number of likely N-dealkylation sites (tertiary alicyclic amines) is 1. The van der Waals surface area contributed by atoms with Crippen LogP contribution in [-0.4, -0.2) is 50.0 Å². The molecule has 2 aliphatic rings. The minimum atomic E-state index is 0.378. The molecule has 2 unspecified atom stereocenters. The van der Waals surface area contributed by atoms with Crippen LogP contribution in [-0.2, 0) is 12.5 Å². The highest BCUT2D eigenvalue weighted by Crippen LogP contribution is 2.59. The molecule has 1 aliphatic carbocycles. The number of aromatic nitrogens is 4. The molecule has 0 spiro atoms. The van der Waals surface area contributed by atoms with Crippen LogP contribution < -0.4 is 0 Å². The third kappa shape index (κ3) is 3.91. The molecular formula is C26H29N5OS2. The largest absolute Gasteiger partial charge is 0.440 e. The van der Waals surface area contributed by atoms with Gasteiger partial charge in [-0.1, -0.05) is 30.0 Å². The van der Waals surface area contributed by atoms with Crippen molar-refractivity contribution >= 4 is 23.1 Å². The standard InChI is InChI=1S/C26H29N5OS2/c1-17-8-9-22(34-17)19-6-4-7-20(12-19)26-13-21(26)14-31(15-26)10-5-11-33-25-29-28-24(30(25)3)23-18(2)27-16-32-23/h4,6-9,12,16,21H,5,10-11,13-15H2,1-3H3. The van der Waals surface area contributed by atoms with E-state index in [2.05, 4.69) is 63.4 Å². The fourth-order valence-electron chi connectivity index (χ4n) is 5.38. The second-order valence-electron chi connectivity index (χ2n) is 9.62. The molecule has 3 aromatic heterocycles. The molecule has 0 radical (unpaired) electrons. The molecule has 176 valence electrons. The van der Waals surface area contributed by atoms with E-state index in [1.807, 2.05) is 29.9 Å². The van der Waals surface area contributed by atoms with Crippen molar-refractivity contribution < 1.29 is 4.42 Å². The van der Waals surface area contributed by atoms with Gasteiger partial charge in [0, 0.05) is 41.1 Å². The Labute approximate surface area is 208 Å². The Kier molecular flexibility index (Phi) is 5.62. The molecule has 0 amide bonds. The van der Waals surface area contributed by atoms with E-state index in [1.54, 1.807) is 11.8 Å². The molecule has 6 rings (SSSR count). The van der Waals surface area contributed by atoms with Crippen LogP contribution in [0, 0.1) is 19.8 Å². The Balaban J connectivity index is 1.04. The SMILES string of the molecule is Cc1ccc(-c2cccc(C34CC3CN(CCCSc3nnc(-c5ocnc5C)n3C)C4)c2)s1. The van der Waals surface area contributed by atoms with Crippen molar-refractivity contribution in [1.82, 2.24) is 24.6 Å². The minimum absolute atomic E-state index is 0.378. The summed E-state index contributed by atoms with van der Waals surface area (Å²) in [6.45, 7) is 7.66. The summed E-state index contributed by atoms with van der Waals surface area (Å²) in [5.41, 5.74) is 4.12. The molecule has 0 bridgehead atoms. The molecule has 4 heterocycles. The summed E-state index contributed by atoms with van der Waals surface area (Å²) in [7, 11) is 1.99. The average molecular weight is 492 g/mol. The highest BCUT2D eigenvalue weighted by Gasteiger charge is 2.60. The number of nitrogens with zero attached hydrogens (tertiary/aromatic N) is 5. The Morgan fingerprint density at radius 3 is 2.91 bits per heavy atom. The number of fused-ring (bicyclic) bond motifs is 1. The average Bonchev–Trinajstić information content (AvgIpc) is 3.31. The lowest BCUT2D eigenvalue weighted by Crippen LogP contribution is -2.27. The van der Waals surface area contributed by atoms with Gasteiger partial charge >= 0.3 is 0 Å². The number of hydrogen-bond donors (Lipinski definition) is 0. The molecule has 1 aliphatic heterocycles. The zero-order valence-corrected chi connectivity index (χ0v) is 21.5. The van der Waals surface area contributed by atoms with E-state index >= 15 is 0 Å². The normalized spacial score (nSPS) is 21.8. The fourth-order valence-corrected chi connectivity index (χ4v) is 7.08. The monoisotopic (exact) mass is 491 g/mol. The summed E-state index contributed by atoms with van der Waals surface area (Å²) in [6.07, 6.45) is 3.94. The highest BCUT2D eigenvalue weighted by atomic mass is 32.2. The maximum Gasteiger partial charge on any atom is 0.202 e. The summed E-state index contributed by atoms with van der Waals surface area (Å²) in [5, 5.41) is 9.60. The Bertz CT molecular complexity index is 1320. The number of hydrogen-bond acceptors (Lipinski definition) is 7. The lowest BCUT2D eigenvalue weighted by Gasteiger charge is -2.21. The van der Waals surface area contributed by atoms with Crippen LogP contribution >= 0.6 is 23.1 Å². The van der Waals surface area contributed by atoms with Gasteiger partial charge in [0.15, 0.2) is 17.3 Å². The molecule has 8 heteroatoms. The van der Waals surface area contributed by atoms with Crippen LogP contribution in [0.15, 0.2) is 52.4 Å². The quantitative estimate of drug-likeness (QED) is 0.237. The van der Waals surface area contributed by atoms with Crippen LogP contribution in [0.3, 0.4) is 0 Å². The summed E-state index contributed by atoms with van der Waals surface area (Å²) >= 11 is 3.65. The molecule has 1 aromatic carbocycles. The molecule has 2 fully saturated rings. The van der Waals surface area contributed by atoms with E-state index in [9.17, 15) is 0 Å². The maximum atomic E-state index is 5.48. The van der Waals surface area contributed by atoms with E-state index in [4.69, 9.17) is 4.42 Å². The van der Waals surface area contributed by atoms with E-state index < -0.39 is 0 Å². The third-order valence-electron chi connectivity index (χ3n) is 7.31. The van der Waals surface area contributed by atoms with Crippen LogP contribution in [0.1, 0.15) is 29.0 Å². The zero-order valence-electron chi connectivity index (χ0n) is 19.8. The molecular weight excluding hydrogens is 462 g/mol. The Hall–Kier alpha value is -2.42. The van der Waals surface area contributed by atoms with Crippen LogP contribution in [0.5, 0.6) is 0 Å². The van der Waals surface area contributed by atoms with Crippen molar-refractivity contribution in [2.24, 2.45) is 13.0 Å². The van der Waals surface area contributed by atoms with Gasteiger partial charge in [0.1, 0.15) is 0 Å². The number of thiophene rings is 1. The summed E-state index contributed by atoms with van der Waals surface area (Å²) in [6, 6.07) is 13.8. The molecule has 4 aromatic rings.